The van der Waals surface area contributed by atoms with E-state index in [4.69, 9.17) is 18.9 Å². The summed E-state index contributed by atoms with van der Waals surface area (Å²) in [5.74, 6) is 0.589. The Morgan fingerprint density at radius 3 is 2.38 bits per heavy atom. The monoisotopic (exact) mass is 468 g/mol. The average molecular weight is 469 g/mol. The lowest BCUT2D eigenvalue weighted by Crippen LogP contribution is -2.23. The van der Waals surface area contributed by atoms with Crippen LogP contribution in [0.4, 0.5) is 0 Å². The molecule has 0 unspecified atom stereocenters. The van der Waals surface area contributed by atoms with Crippen molar-refractivity contribution in [3.8, 4) is 5.75 Å². The van der Waals surface area contributed by atoms with Gasteiger partial charge in [0.05, 0.1) is 26.4 Å². The molecular formula is C29H40O5. The van der Waals surface area contributed by atoms with Gasteiger partial charge < -0.3 is 18.9 Å². The van der Waals surface area contributed by atoms with E-state index in [9.17, 15) is 4.79 Å². The van der Waals surface area contributed by atoms with Gasteiger partial charge >= 0.3 is 5.97 Å². The SMILES string of the molecule is CCC[C@H](C[C@H](/C=C/CCCCOCc1ccc(OC)cc1)OC(C)=O)OCc1ccccc1. The summed E-state index contributed by atoms with van der Waals surface area (Å²) in [5.41, 5.74) is 2.29. The molecule has 2 aromatic rings. The van der Waals surface area contributed by atoms with Crippen molar-refractivity contribution in [3.05, 3.63) is 77.9 Å². The van der Waals surface area contributed by atoms with E-state index in [1.165, 1.54) is 6.92 Å². The van der Waals surface area contributed by atoms with Gasteiger partial charge in [0.1, 0.15) is 11.9 Å². The molecule has 2 atom stereocenters. The van der Waals surface area contributed by atoms with Crippen molar-refractivity contribution in [1.82, 2.24) is 0 Å². The molecule has 186 valence electrons. The van der Waals surface area contributed by atoms with Crippen LogP contribution in [0.3, 0.4) is 0 Å². The summed E-state index contributed by atoms with van der Waals surface area (Å²) >= 11 is 0. The van der Waals surface area contributed by atoms with Crippen LogP contribution in [0.5, 0.6) is 5.75 Å². The fraction of sp³-hybridized carbons (Fsp3) is 0.483. The molecule has 0 bridgehead atoms. The highest BCUT2D eigenvalue weighted by Crippen LogP contribution is 2.17. The fourth-order valence-electron chi connectivity index (χ4n) is 3.64. The van der Waals surface area contributed by atoms with Gasteiger partial charge in [-0.1, -0.05) is 61.9 Å². The number of unbranched alkanes of at least 4 members (excludes halogenated alkanes) is 2. The molecule has 0 aromatic heterocycles. The normalized spacial score (nSPS) is 13.0. The summed E-state index contributed by atoms with van der Waals surface area (Å²) < 4.78 is 22.6. The van der Waals surface area contributed by atoms with Gasteiger partial charge in [-0.3, -0.25) is 4.79 Å². The van der Waals surface area contributed by atoms with Crippen molar-refractivity contribution in [2.45, 2.75) is 77.8 Å². The molecule has 0 aliphatic carbocycles. The number of allylic oxidation sites excluding steroid dienone is 1. The lowest BCUT2D eigenvalue weighted by Gasteiger charge is -2.22. The first-order chi connectivity index (χ1) is 16.6. The van der Waals surface area contributed by atoms with Crippen LogP contribution in [-0.2, 0) is 32.2 Å². The topological polar surface area (TPSA) is 54.0 Å². The van der Waals surface area contributed by atoms with Crippen molar-refractivity contribution >= 4 is 5.97 Å². The number of ether oxygens (including phenoxy) is 4. The van der Waals surface area contributed by atoms with Gasteiger partial charge in [-0.25, -0.2) is 0 Å². The van der Waals surface area contributed by atoms with Gasteiger partial charge in [-0.2, -0.15) is 0 Å². The second-order valence-electron chi connectivity index (χ2n) is 8.42. The third kappa shape index (κ3) is 12.0. The molecule has 5 heteroatoms. The quantitative estimate of drug-likeness (QED) is 0.148. The van der Waals surface area contributed by atoms with Crippen LogP contribution >= 0.6 is 0 Å². The first-order valence-electron chi connectivity index (χ1n) is 12.3. The van der Waals surface area contributed by atoms with E-state index in [0.717, 1.165) is 55.6 Å². The molecule has 0 N–H and O–H groups in total. The minimum atomic E-state index is -0.267. The lowest BCUT2D eigenvalue weighted by atomic mass is 10.1. The molecule has 0 saturated carbocycles. The van der Waals surface area contributed by atoms with Crippen LogP contribution in [0.25, 0.3) is 0 Å². The summed E-state index contributed by atoms with van der Waals surface area (Å²) in [7, 11) is 1.66. The molecule has 2 aromatic carbocycles. The van der Waals surface area contributed by atoms with Gasteiger partial charge in [0.2, 0.25) is 0 Å². The van der Waals surface area contributed by atoms with Crippen LogP contribution in [0.15, 0.2) is 66.7 Å². The van der Waals surface area contributed by atoms with Crippen LogP contribution in [0.2, 0.25) is 0 Å². The molecule has 5 nitrogen and oxygen atoms in total. The minimum Gasteiger partial charge on any atom is -0.497 e. The highest BCUT2D eigenvalue weighted by molar-refractivity contribution is 5.66. The van der Waals surface area contributed by atoms with E-state index >= 15 is 0 Å². The third-order valence-corrected chi connectivity index (χ3v) is 5.44. The summed E-state index contributed by atoms with van der Waals surface area (Å²) in [6, 6.07) is 18.1. The zero-order valence-electron chi connectivity index (χ0n) is 20.9. The summed E-state index contributed by atoms with van der Waals surface area (Å²) in [6.45, 7) is 5.50. The van der Waals surface area contributed by atoms with Gasteiger partial charge in [0.15, 0.2) is 0 Å². The number of rotatable bonds is 17. The molecular weight excluding hydrogens is 428 g/mol. The maximum atomic E-state index is 11.6. The Balaban J connectivity index is 1.70. The Bertz CT molecular complexity index is 816. The Hall–Kier alpha value is -2.63. The summed E-state index contributed by atoms with van der Waals surface area (Å²) in [4.78, 5) is 11.6. The first-order valence-corrected chi connectivity index (χ1v) is 12.3. The molecule has 0 spiro atoms. The Labute approximate surface area is 205 Å². The molecule has 0 radical (unpaired) electrons. The van der Waals surface area contributed by atoms with Crippen molar-refractivity contribution in [3.63, 3.8) is 0 Å². The fourth-order valence-corrected chi connectivity index (χ4v) is 3.64. The molecule has 0 aliphatic rings. The molecule has 0 heterocycles. The highest BCUT2D eigenvalue weighted by atomic mass is 16.5. The Kier molecular flexibility index (Phi) is 13.7. The molecule has 0 saturated heterocycles. The standard InChI is InChI=1S/C29H40O5/c1-4-12-28(33-23-25-13-8-7-9-14-25)21-29(34-24(2)30)15-10-5-6-11-20-32-22-26-16-18-27(31-3)19-17-26/h7-10,13-19,28-29H,4-6,11-12,20-23H2,1-3H3/b15-10+/t28-,29+/m1/s1. The smallest absolute Gasteiger partial charge is 0.303 e. The van der Waals surface area contributed by atoms with E-state index in [-0.39, 0.29) is 18.2 Å². The van der Waals surface area contributed by atoms with Gasteiger partial charge in [-0.15, -0.1) is 0 Å². The van der Waals surface area contributed by atoms with E-state index in [1.54, 1.807) is 7.11 Å². The maximum absolute atomic E-state index is 11.6. The second-order valence-corrected chi connectivity index (χ2v) is 8.42. The third-order valence-electron chi connectivity index (χ3n) is 5.44. The Morgan fingerprint density at radius 1 is 0.971 bits per heavy atom. The van der Waals surface area contributed by atoms with E-state index in [1.807, 2.05) is 48.5 Å². The van der Waals surface area contributed by atoms with Crippen molar-refractivity contribution in [1.29, 1.82) is 0 Å². The van der Waals surface area contributed by atoms with Crippen LogP contribution in [0.1, 0.15) is 63.5 Å². The van der Waals surface area contributed by atoms with Crippen molar-refractivity contribution in [2.24, 2.45) is 0 Å². The van der Waals surface area contributed by atoms with Gasteiger partial charge in [0.25, 0.3) is 0 Å². The van der Waals surface area contributed by atoms with E-state index in [0.29, 0.717) is 19.6 Å². The Morgan fingerprint density at radius 2 is 1.71 bits per heavy atom. The maximum Gasteiger partial charge on any atom is 0.303 e. The predicted molar refractivity (Wildman–Crippen MR) is 136 cm³/mol. The zero-order chi connectivity index (χ0) is 24.4. The number of hydrogen-bond acceptors (Lipinski definition) is 5. The zero-order valence-corrected chi connectivity index (χ0v) is 20.9. The predicted octanol–water partition coefficient (Wildman–Crippen LogP) is 6.65. The van der Waals surface area contributed by atoms with Gasteiger partial charge in [-0.05, 0) is 55.0 Å². The molecule has 0 amide bonds. The number of hydrogen-bond donors (Lipinski definition) is 0. The number of esters is 1. The molecule has 34 heavy (non-hydrogen) atoms. The lowest BCUT2D eigenvalue weighted by molar-refractivity contribution is -0.145. The van der Waals surface area contributed by atoms with Gasteiger partial charge in [0, 0.05) is 20.0 Å². The number of carbonyl (C=O) groups is 1. The van der Waals surface area contributed by atoms with E-state index < -0.39 is 0 Å². The molecule has 0 fully saturated rings. The second kappa shape index (κ2) is 16.9. The molecule has 2 rings (SSSR count). The first kappa shape index (κ1) is 27.6. The van der Waals surface area contributed by atoms with Crippen LogP contribution < -0.4 is 4.74 Å². The van der Waals surface area contributed by atoms with Crippen molar-refractivity contribution < 1.29 is 23.7 Å². The number of methoxy groups -OCH3 is 1. The van der Waals surface area contributed by atoms with Crippen LogP contribution in [0, 0.1) is 0 Å². The largest absolute Gasteiger partial charge is 0.497 e. The summed E-state index contributed by atoms with van der Waals surface area (Å²) in [6.07, 6.45) is 9.45. The number of carbonyl (C=O) groups excluding carboxylic acids is 1. The highest BCUT2D eigenvalue weighted by Gasteiger charge is 2.17. The number of benzene rings is 2. The van der Waals surface area contributed by atoms with Crippen molar-refractivity contribution in [2.75, 3.05) is 13.7 Å². The van der Waals surface area contributed by atoms with Crippen LogP contribution in [-0.4, -0.2) is 31.9 Å². The average Bonchev–Trinajstić information content (AvgIpc) is 2.85. The molecule has 0 aliphatic heterocycles. The minimum absolute atomic E-state index is 0.0468. The summed E-state index contributed by atoms with van der Waals surface area (Å²) in [5, 5.41) is 0. The van der Waals surface area contributed by atoms with E-state index in [2.05, 4.69) is 25.1 Å².